The van der Waals surface area contributed by atoms with E-state index in [0.29, 0.717) is 31.8 Å². The van der Waals surface area contributed by atoms with Gasteiger partial charge in [-0.05, 0) is 25.7 Å². The summed E-state index contributed by atoms with van der Waals surface area (Å²) in [6.07, 6.45) is 1.50. The lowest BCUT2D eigenvalue weighted by molar-refractivity contribution is -0.134. The Morgan fingerprint density at radius 1 is 1.41 bits per heavy atom. The summed E-state index contributed by atoms with van der Waals surface area (Å²) < 4.78 is 0. The minimum absolute atomic E-state index is 0.0826. The SMILES string of the molecule is CCNC(=O)CCNC(=O)C1(C#N)CC(C)C1. The minimum atomic E-state index is -0.847. The molecular formula is C12H19N3O2. The van der Waals surface area contributed by atoms with Crippen LogP contribution in [0.5, 0.6) is 0 Å². The Hall–Kier alpha value is -1.57. The van der Waals surface area contributed by atoms with E-state index in [-0.39, 0.29) is 18.2 Å². The third kappa shape index (κ3) is 3.19. The molecule has 0 aliphatic heterocycles. The predicted octanol–water partition coefficient (Wildman–Crippen LogP) is 0.569. The fourth-order valence-electron chi connectivity index (χ4n) is 2.20. The zero-order valence-electron chi connectivity index (χ0n) is 10.4. The van der Waals surface area contributed by atoms with Crippen LogP contribution in [-0.2, 0) is 9.59 Å². The second kappa shape index (κ2) is 5.67. The third-order valence-corrected chi connectivity index (χ3v) is 3.05. The Morgan fingerprint density at radius 3 is 2.53 bits per heavy atom. The molecule has 0 heterocycles. The summed E-state index contributed by atoms with van der Waals surface area (Å²) in [5.41, 5.74) is -0.847. The zero-order chi connectivity index (χ0) is 12.9. The number of hydrogen-bond acceptors (Lipinski definition) is 3. The number of nitriles is 1. The average molecular weight is 237 g/mol. The van der Waals surface area contributed by atoms with Gasteiger partial charge in [0.15, 0.2) is 0 Å². The van der Waals surface area contributed by atoms with Gasteiger partial charge < -0.3 is 10.6 Å². The summed E-state index contributed by atoms with van der Waals surface area (Å²) in [5, 5.41) is 14.3. The lowest BCUT2D eigenvalue weighted by Crippen LogP contribution is -2.48. The molecule has 0 aromatic rings. The first kappa shape index (κ1) is 13.5. The monoisotopic (exact) mass is 237 g/mol. The lowest BCUT2D eigenvalue weighted by Gasteiger charge is -2.39. The Morgan fingerprint density at radius 2 is 2.06 bits per heavy atom. The van der Waals surface area contributed by atoms with Gasteiger partial charge in [0.05, 0.1) is 6.07 Å². The molecule has 5 nitrogen and oxygen atoms in total. The highest BCUT2D eigenvalue weighted by Crippen LogP contribution is 2.44. The van der Waals surface area contributed by atoms with E-state index in [4.69, 9.17) is 5.26 Å². The second-order valence-electron chi connectivity index (χ2n) is 4.67. The van der Waals surface area contributed by atoms with E-state index in [1.807, 2.05) is 13.8 Å². The van der Waals surface area contributed by atoms with Crippen molar-refractivity contribution in [3.8, 4) is 6.07 Å². The normalized spacial score (nSPS) is 26.5. The van der Waals surface area contributed by atoms with Crippen molar-refractivity contribution >= 4 is 11.8 Å². The first-order chi connectivity index (χ1) is 8.04. The first-order valence-corrected chi connectivity index (χ1v) is 6.00. The second-order valence-corrected chi connectivity index (χ2v) is 4.67. The van der Waals surface area contributed by atoms with Crippen LogP contribution >= 0.6 is 0 Å². The van der Waals surface area contributed by atoms with Crippen molar-refractivity contribution in [3.63, 3.8) is 0 Å². The molecule has 1 saturated carbocycles. The summed E-state index contributed by atoms with van der Waals surface area (Å²) >= 11 is 0. The molecule has 1 rings (SSSR count). The highest BCUT2D eigenvalue weighted by atomic mass is 16.2. The van der Waals surface area contributed by atoms with E-state index >= 15 is 0 Å². The molecule has 0 bridgehead atoms. The maximum atomic E-state index is 11.8. The van der Waals surface area contributed by atoms with E-state index in [2.05, 4.69) is 16.7 Å². The molecule has 0 saturated heterocycles. The zero-order valence-corrected chi connectivity index (χ0v) is 10.4. The molecule has 17 heavy (non-hydrogen) atoms. The standard InChI is InChI=1S/C12H19N3O2/c1-3-14-10(16)4-5-15-11(17)12(8-13)6-9(2)7-12/h9H,3-7H2,1-2H3,(H,14,16)(H,15,17). The average Bonchev–Trinajstić information content (AvgIpc) is 2.24. The van der Waals surface area contributed by atoms with Crippen LogP contribution in [0.2, 0.25) is 0 Å². The molecular weight excluding hydrogens is 218 g/mol. The van der Waals surface area contributed by atoms with Gasteiger partial charge in [0.1, 0.15) is 5.41 Å². The Balaban J connectivity index is 2.31. The molecule has 2 N–H and O–H groups in total. The van der Waals surface area contributed by atoms with Gasteiger partial charge in [0.25, 0.3) is 0 Å². The van der Waals surface area contributed by atoms with Crippen LogP contribution in [0.1, 0.15) is 33.1 Å². The van der Waals surface area contributed by atoms with Crippen molar-refractivity contribution in [2.24, 2.45) is 11.3 Å². The van der Waals surface area contributed by atoms with E-state index in [1.54, 1.807) is 0 Å². The minimum Gasteiger partial charge on any atom is -0.356 e. The van der Waals surface area contributed by atoms with Gasteiger partial charge in [0, 0.05) is 19.5 Å². The number of hydrogen-bond donors (Lipinski definition) is 2. The van der Waals surface area contributed by atoms with Crippen LogP contribution < -0.4 is 10.6 Å². The Labute approximate surface area is 102 Å². The molecule has 0 spiro atoms. The number of amides is 2. The molecule has 1 aliphatic rings. The third-order valence-electron chi connectivity index (χ3n) is 3.05. The van der Waals surface area contributed by atoms with Crippen molar-refractivity contribution in [2.75, 3.05) is 13.1 Å². The van der Waals surface area contributed by atoms with E-state index in [0.717, 1.165) is 0 Å². The van der Waals surface area contributed by atoms with Crippen LogP contribution in [0.4, 0.5) is 0 Å². The largest absolute Gasteiger partial charge is 0.356 e. The van der Waals surface area contributed by atoms with Gasteiger partial charge in [0.2, 0.25) is 11.8 Å². The van der Waals surface area contributed by atoms with Gasteiger partial charge in [-0.1, -0.05) is 6.92 Å². The first-order valence-electron chi connectivity index (χ1n) is 6.00. The summed E-state index contributed by atoms with van der Waals surface area (Å²) in [7, 11) is 0. The van der Waals surface area contributed by atoms with Crippen molar-refractivity contribution in [1.29, 1.82) is 5.26 Å². The number of nitrogens with zero attached hydrogens (tertiary/aromatic N) is 1. The molecule has 0 radical (unpaired) electrons. The molecule has 2 amide bonds. The fraction of sp³-hybridized carbons (Fsp3) is 0.750. The maximum absolute atomic E-state index is 11.8. The number of rotatable bonds is 5. The summed E-state index contributed by atoms with van der Waals surface area (Å²) in [6, 6.07) is 2.10. The highest BCUT2D eigenvalue weighted by Gasteiger charge is 2.48. The Bertz CT molecular complexity index is 340. The van der Waals surface area contributed by atoms with Crippen LogP contribution in [0.25, 0.3) is 0 Å². The molecule has 0 aromatic heterocycles. The lowest BCUT2D eigenvalue weighted by atomic mass is 9.63. The number of nitrogens with one attached hydrogen (secondary N) is 2. The summed E-state index contributed by atoms with van der Waals surface area (Å²) in [6.45, 7) is 4.75. The molecule has 0 unspecified atom stereocenters. The molecule has 94 valence electrons. The summed E-state index contributed by atoms with van der Waals surface area (Å²) in [4.78, 5) is 22.9. The molecule has 1 fully saturated rings. The predicted molar refractivity (Wildman–Crippen MR) is 62.8 cm³/mol. The van der Waals surface area contributed by atoms with Gasteiger partial charge >= 0.3 is 0 Å². The molecule has 5 heteroatoms. The van der Waals surface area contributed by atoms with Gasteiger partial charge in [-0.2, -0.15) is 5.26 Å². The highest BCUT2D eigenvalue weighted by molar-refractivity contribution is 5.87. The van der Waals surface area contributed by atoms with Gasteiger partial charge in [-0.15, -0.1) is 0 Å². The van der Waals surface area contributed by atoms with Crippen molar-refractivity contribution in [3.05, 3.63) is 0 Å². The topological polar surface area (TPSA) is 82.0 Å². The number of carbonyl (C=O) groups excluding carboxylic acids is 2. The van der Waals surface area contributed by atoms with E-state index in [9.17, 15) is 9.59 Å². The van der Waals surface area contributed by atoms with Crippen LogP contribution in [0.15, 0.2) is 0 Å². The molecule has 0 aromatic carbocycles. The fourth-order valence-corrected chi connectivity index (χ4v) is 2.20. The quantitative estimate of drug-likeness (QED) is 0.733. The van der Waals surface area contributed by atoms with Gasteiger partial charge in [-0.3, -0.25) is 9.59 Å². The summed E-state index contributed by atoms with van der Waals surface area (Å²) in [5.74, 6) is 0.118. The number of carbonyl (C=O) groups is 2. The van der Waals surface area contributed by atoms with Crippen LogP contribution in [0, 0.1) is 22.7 Å². The Kier molecular flexibility index (Phi) is 4.50. The van der Waals surface area contributed by atoms with Gasteiger partial charge in [-0.25, -0.2) is 0 Å². The van der Waals surface area contributed by atoms with Crippen LogP contribution in [-0.4, -0.2) is 24.9 Å². The van der Waals surface area contributed by atoms with Crippen molar-refractivity contribution in [2.45, 2.75) is 33.1 Å². The maximum Gasteiger partial charge on any atom is 0.240 e. The molecule has 1 aliphatic carbocycles. The van der Waals surface area contributed by atoms with Crippen molar-refractivity contribution < 1.29 is 9.59 Å². The van der Waals surface area contributed by atoms with Crippen molar-refractivity contribution in [1.82, 2.24) is 10.6 Å². The smallest absolute Gasteiger partial charge is 0.240 e. The molecule has 0 atom stereocenters. The van der Waals surface area contributed by atoms with E-state index in [1.165, 1.54) is 0 Å². The van der Waals surface area contributed by atoms with E-state index < -0.39 is 5.41 Å². The van der Waals surface area contributed by atoms with Crippen LogP contribution in [0.3, 0.4) is 0 Å².